The van der Waals surface area contributed by atoms with Crippen LogP contribution in [0.15, 0.2) is 54.6 Å². The first-order valence-corrected chi connectivity index (χ1v) is 12.3. The maximum absolute atomic E-state index is 12.5. The summed E-state index contributed by atoms with van der Waals surface area (Å²) in [4.78, 5) is 14.1. The molecule has 0 spiro atoms. The Bertz CT molecular complexity index is 1170. The fourth-order valence-electron chi connectivity index (χ4n) is 3.14. The van der Waals surface area contributed by atoms with Gasteiger partial charge in [0.15, 0.2) is 21.3 Å². The van der Waals surface area contributed by atoms with Crippen molar-refractivity contribution in [3.05, 3.63) is 70.6 Å². The number of ether oxygens (including phenoxy) is 2. The minimum absolute atomic E-state index is 0.0114. The Labute approximate surface area is 179 Å². The van der Waals surface area contributed by atoms with E-state index < -0.39 is 9.84 Å². The lowest BCUT2D eigenvalue weighted by molar-refractivity contribution is 0.0955. The van der Waals surface area contributed by atoms with Gasteiger partial charge in [-0.15, -0.1) is 11.3 Å². The molecule has 0 radical (unpaired) electrons. The first kappa shape index (κ1) is 20.4. The number of carbonyl (C=O) groups excluding carboxylic acids is 1. The molecule has 1 N–H and O–H groups in total. The number of hydrogen-bond acceptors (Lipinski definition) is 6. The molecule has 0 fully saturated rings. The molecule has 156 valence electrons. The highest BCUT2D eigenvalue weighted by Gasteiger charge is 2.15. The van der Waals surface area contributed by atoms with Crippen LogP contribution < -0.4 is 14.8 Å². The van der Waals surface area contributed by atoms with Crippen LogP contribution in [0.4, 0.5) is 0 Å². The first-order valence-electron chi connectivity index (χ1n) is 9.41. The summed E-state index contributed by atoms with van der Waals surface area (Å²) in [5, 5.41) is 2.91. The molecular formula is C22H21NO5S2. The normalized spacial score (nSPS) is 13.1. The molecule has 3 aromatic rings. The second-order valence-electron chi connectivity index (χ2n) is 7.09. The topological polar surface area (TPSA) is 81.7 Å². The lowest BCUT2D eigenvalue weighted by atomic mass is 10.1. The number of fused-ring (bicyclic) bond motifs is 1. The Morgan fingerprint density at radius 2 is 1.67 bits per heavy atom. The van der Waals surface area contributed by atoms with Crippen LogP contribution in [-0.4, -0.2) is 33.8 Å². The number of thiophene rings is 1. The number of amides is 1. The van der Waals surface area contributed by atoms with E-state index in [0.717, 1.165) is 33.1 Å². The second-order valence-corrected chi connectivity index (χ2v) is 10.3. The van der Waals surface area contributed by atoms with Crippen molar-refractivity contribution >= 4 is 27.1 Å². The number of sulfone groups is 1. The molecule has 2 heterocycles. The zero-order valence-corrected chi connectivity index (χ0v) is 18.0. The summed E-state index contributed by atoms with van der Waals surface area (Å²) in [5.74, 6) is 1.32. The van der Waals surface area contributed by atoms with Crippen molar-refractivity contribution in [1.29, 1.82) is 0 Å². The van der Waals surface area contributed by atoms with E-state index >= 15 is 0 Å². The van der Waals surface area contributed by atoms with Crippen LogP contribution in [0.3, 0.4) is 0 Å². The van der Waals surface area contributed by atoms with E-state index in [-0.39, 0.29) is 11.7 Å². The van der Waals surface area contributed by atoms with Gasteiger partial charge in [0.2, 0.25) is 0 Å². The predicted molar refractivity (Wildman–Crippen MR) is 117 cm³/mol. The van der Waals surface area contributed by atoms with Crippen molar-refractivity contribution in [1.82, 2.24) is 5.32 Å². The van der Waals surface area contributed by atoms with Gasteiger partial charge >= 0.3 is 0 Å². The van der Waals surface area contributed by atoms with Crippen LogP contribution in [0.25, 0.3) is 10.4 Å². The van der Waals surface area contributed by atoms with Crippen LogP contribution in [0, 0.1) is 0 Å². The molecule has 0 bridgehead atoms. The summed E-state index contributed by atoms with van der Waals surface area (Å²) in [6.07, 6.45) is 1.21. The number of carbonyl (C=O) groups is 1. The Morgan fingerprint density at radius 1 is 0.967 bits per heavy atom. The predicted octanol–water partition coefficient (Wildman–Crippen LogP) is 3.66. The molecule has 0 aliphatic carbocycles. The van der Waals surface area contributed by atoms with Crippen molar-refractivity contribution in [3.63, 3.8) is 0 Å². The summed E-state index contributed by atoms with van der Waals surface area (Å²) < 4.78 is 33.9. The van der Waals surface area contributed by atoms with Crippen LogP contribution in [0.1, 0.15) is 20.8 Å². The fourth-order valence-corrected chi connectivity index (χ4v) is 4.85. The number of benzene rings is 2. The Balaban J connectivity index is 1.38. The third-order valence-corrected chi connectivity index (χ3v) is 6.55. The lowest BCUT2D eigenvalue weighted by Gasteiger charge is -2.18. The van der Waals surface area contributed by atoms with E-state index in [1.165, 1.54) is 17.6 Å². The van der Waals surface area contributed by atoms with Crippen LogP contribution >= 0.6 is 11.3 Å². The van der Waals surface area contributed by atoms with Gasteiger partial charge < -0.3 is 14.8 Å². The molecule has 30 heavy (non-hydrogen) atoms. The molecule has 0 atom stereocenters. The smallest absolute Gasteiger partial charge is 0.261 e. The Kier molecular flexibility index (Phi) is 5.78. The minimum atomic E-state index is -3.06. The van der Waals surface area contributed by atoms with E-state index in [2.05, 4.69) is 5.32 Å². The number of rotatable bonds is 6. The van der Waals surface area contributed by atoms with Crippen molar-refractivity contribution < 1.29 is 22.7 Å². The SMILES string of the molecule is CS(=O)(=O)Cc1ccc(CNC(=O)c2ccc(-c3ccc4c(c3)OCCO4)s2)cc1. The molecule has 0 unspecified atom stereocenters. The highest BCUT2D eigenvalue weighted by molar-refractivity contribution is 7.89. The Morgan fingerprint density at radius 3 is 2.40 bits per heavy atom. The molecule has 4 rings (SSSR count). The van der Waals surface area contributed by atoms with Crippen LogP contribution in [0.2, 0.25) is 0 Å². The maximum Gasteiger partial charge on any atom is 0.261 e. The van der Waals surface area contributed by atoms with E-state index in [1.807, 2.05) is 36.4 Å². The molecule has 0 saturated carbocycles. The average Bonchev–Trinajstić information content (AvgIpc) is 3.22. The van der Waals surface area contributed by atoms with Crippen LogP contribution in [-0.2, 0) is 22.1 Å². The third kappa shape index (κ3) is 5.01. The number of nitrogens with one attached hydrogen (secondary N) is 1. The summed E-state index contributed by atoms with van der Waals surface area (Å²) in [6.45, 7) is 1.45. The summed E-state index contributed by atoms with van der Waals surface area (Å²) >= 11 is 1.41. The van der Waals surface area contributed by atoms with Crippen molar-refractivity contribution in [3.8, 4) is 21.9 Å². The van der Waals surface area contributed by atoms with Gasteiger partial charge in [0.05, 0.1) is 10.6 Å². The molecule has 0 saturated heterocycles. The molecule has 1 aliphatic rings. The molecule has 1 amide bonds. The molecule has 8 heteroatoms. The average molecular weight is 444 g/mol. The summed E-state index contributed by atoms with van der Waals surface area (Å²) in [7, 11) is -3.06. The van der Waals surface area contributed by atoms with Crippen molar-refractivity contribution in [2.75, 3.05) is 19.5 Å². The van der Waals surface area contributed by atoms with Gasteiger partial charge in [-0.2, -0.15) is 0 Å². The number of hydrogen-bond donors (Lipinski definition) is 1. The lowest BCUT2D eigenvalue weighted by Crippen LogP contribution is -2.21. The largest absolute Gasteiger partial charge is 0.486 e. The van der Waals surface area contributed by atoms with Crippen molar-refractivity contribution in [2.45, 2.75) is 12.3 Å². The first-order chi connectivity index (χ1) is 14.4. The van der Waals surface area contributed by atoms with Gasteiger partial charge in [-0.1, -0.05) is 24.3 Å². The zero-order chi connectivity index (χ0) is 21.1. The fraction of sp³-hybridized carbons (Fsp3) is 0.227. The van der Waals surface area contributed by atoms with Crippen LogP contribution in [0.5, 0.6) is 11.5 Å². The standard InChI is InChI=1S/C22H21NO5S2/c1-30(25,26)14-16-4-2-15(3-5-16)13-23-22(24)21-9-8-20(29-21)17-6-7-18-19(12-17)28-11-10-27-18/h2-9,12H,10-11,13-14H2,1H3,(H,23,24). The van der Waals surface area contributed by atoms with E-state index in [4.69, 9.17) is 9.47 Å². The van der Waals surface area contributed by atoms with Gasteiger partial charge in [-0.05, 0) is 47.0 Å². The van der Waals surface area contributed by atoms with Gasteiger partial charge in [0.25, 0.3) is 5.91 Å². The minimum Gasteiger partial charge on any atom is -0.486 e. The third-order valence-electron chi connectivity index (χ3n) is 4.56. The maximum atomic E-state index is 12.5. The van der Waals surface area contributed by atoms with E-state index in [0.29, 0.717) is 24.6 Å². The molecule has 1 aliphatic heterocycles. The summed E-state index contributed by atoms with van der Waals surface area (Å²) in [5.41, 5.74) is 2.61. The highest BCUT2D eigenvalue weighted by Crippen LogP contribution is 2.36. The van der Waals surface area contributed by atoms with E-state index in [9.17, 15) is 13.2 Å². The van der Waals surface area contributed by atoms with Gasteiger partial charge in [0.1, 0.15) is 13.2 Å². The second kappa shape index (κ2) is 8.49. The molecular weight excluding hydrogens is 422 g/mol. The molecule has 2 aromatic carbocycles. The highest BCUT2D eigenvalue weighted by atomic mass is 32.2. The van der Waals surface area contributed by atoms with Crippen molar-refractivity contribution in [2.24, 2.45) is 0 Å². The van der Waals surface area contributed by atoms with Gasteiger partial charge in [-0.25, -0.2) is 8.42 Å². The quantitative estimate of drug-likeness (QED) is 0.629. The molecule has 6 nitrogen and oxygen atoms in total. The molecule has 1 aromatic heterocycles. The van der Waals surface area contributed by atoms with Gasteiger partial charge in [0, 0.05) is 17.7 Å². The zero-order valence-electron chi connectivity index (χ0n) is 16.4. The monoisotopic (exact) mass is 443 g/mol. The van der Waals surface area contributed by atoms with E-state index in [1.54, 1.807) is 18.2 Å². The Hall–Kier alpha value is -2.84. The van der Waals surface area contributed by atoms with Gasteiger partial charge in [-0.3, -0.25) is 4.79 Å². The summed E-state index contributed by atoms with van der Waals surface area (Å²) in [6, 6.07) is 16.7.